The zero-order chi connectivity index (χ0) is 16.0. The highest BCUT2D eigenvalue weighted by Crippen LogP contribution is 2.07. The Morgan fingerprint density at radius 3 is 2.43 bits per heavy atom. The number of imide groups is 1. The molecule has 0 aromatic carbocycles. The van der Waals surface area contributed by atoms with Crippen molar-refractivity contribution < 1.29 is 14.4 Å². The molecule has 1 fully saturated rings. The number of rotatable bonds is 4. The zero-order valence-electron chi connectivity index (χ0n) is 13.0. The number of amides is 4. The van der Waals surface area contributed by atoms with E-state index in [9.17, 15) is 14.4 Å². The molecule has 8 heteroatoms. The minimum atomic E-state index is -0.833. The van der Waals surface area contributed by atoms with Crippen LogP contribution in [-0.2, 0) is 9.59 Å². The molecule has 4 amide bonds. The summed E-state index contributed by atoms with van der Waals surface area (Å²) in [5.74, 6) is -0.316. The smallest absolute Gasteiger partial charge is 0.318 e. The van der Waals surface area contributed by atoms with Crippen molar-refractivity contribution in [1.82, 2.24) is 20.0 Å². The van der Waals surface area contributed by atoms with Crippen LogP contribution >= 0.6 is 0 Å². The number of hydrogen-bond donors (Lipinski definition) is 2. The fourth-order valence-corrected chi connectivity index (χ4v) is 2.26. The van der Waals surface area contributed by atoms with Gasteiger partial charge in [0.05, 0.1) is 12.6 Å². The van der Waals surface area contributed by atoms with E-state index < -0.39 is 12.1 Å². The van der Waals surface area contributed by atoms with Gasteiger partial charge in [0.2, 0.25) is 11.8 Å². The van der Waals surface area contributed by atoms with E-state index in [2.05, 4.69) is 10.2 Å². The molecule has 1 heterocycles. The maximum Gasteiger partial charge on any atom is 0.318 e. The van der Waals surface area contributed by atoms with Crippen LogP contribution in [0.1, 0.15) is 13.3 Å². The molecule has 1 rings (SSSR count). The van der Waals surface area contributed by atoms with E-state index in [-0.39, 0.29) is 11.8 Å². The molecule has 1 aliphatic rings. The first-order chi connectivity index (χ1) is 9.81. The molecule has 1 atom stereocenters. The molecule has 21 heavy (non-hydrogen) atoms. The molecule has 0 bridgehead atoms. The lowest BCUT2D eigenvalue weighted by atomic mass is 10.2. The average molecular weight is 299 g/mol. The van der Waals surface area contributed by atoms with Crippen molar-refractivity contribution in [2.45, 2.75) is 19.4 Å². The Morgan fingerprint density at radius 2 is 1.86 bits per heavy atom. The summed E-state index contributed by atoms with van der Waals surface area (Å²) in [6.45, 7) is 5.10. The number of carbonyl (C=O) groups is 3. The first kappa shape index (κ1) is 17.4. The molecular weight excluding hydrogens is 274 g/mol. The molecule has 1 aliphatic heterocycles. The number of nitrogens with two attached hydrogens (primary N) is 1. The average Bonchev–Trinajstić information content (AvgIpc) is 2.62. The molecule has 120 valence electrons. The minimum Gasteiger partial charge on any atom is -0.351 e. The Kier molecular flexibility index (Phi) is 6.57. The van der Waals surface area contributed by atoms with Gasteiger partial charge in [-0.15, -0.1) is 0 Å². The molecule has 0 aliphatic carbocycles. The number of hydrogen-bond acceptors (Lipinski definition) is 5. The number of nitrogens with one attached hydrogen (secondary N) is 1. The molecular formula is C13H25N5O3. The Morgan fingerprint density at radius 1 is 1.19 bits per heavy atom. The van der Waals surface area contributed by atoms with Crippen LogP contribution in [0.4, 0.5) is 4.79 Å². The second kappa shape index (κ2) is 7.94. The van der Waals surface area contributed by atoms with Gasteiger partial charge in [0.15, 0.2) is 0 Å². The second-order valence-corrected chi connectivity index (χ2v) is 5.48. The van der Waals surface area contributed by atoms with E-state index in [1.807, 2.05) is 4.90 Å². The standard InChI is InChI=1S/C13H25N5O3/c1-10(12(20)15-13(14)21)18-6-4-5-17(7-8-18)9-11(19)16(2)3/h10H,4-9H2,1-3H3,(H3,14,15,20,21). The van der Waals surface area contributed by atoms with Crippen molar-refractivity contribution in [2.24, 2.45) is 5.73 Å². The van der Waals surface area contributed by atoms with Gasteiger partial charge in [0, 0.05) is 33.7 Å². The summed E-state index contributed by atoms with van der Waals surface area (Å²) >= 11 is 0. The lowest BCUT2D eigenvalue weighted by molar-refractivity contribution is -0.130. The van der Waals surface area contributed by atoms with Gasteiger partial charge in [0.1, 0.15) is 0 Å². The third-order valence-corrected chi connectivity index (χ3v) is 3.65. The number of nitrogens with zero attached hydrogens (tertiary/aromatic N) is 3. The highest BCUT2D eigenvalue weighted by Gasteiger charge is 2.25. The molecule has 0 radical (unpaired) electrons. The van der Waals surface area contributed by atoms with Gasteiger partial charge in [0.25, 0.3) is 0 Å². The van der Waals surface area contributed by atoms with Crippen LogP contribution in [0.3, 0.4) is 0 Å². The quantitative estimate of drug-likeness (QED) is 0.670. The fraction of sp³-hybridized carbons (Fsp3) is 0.769. The number of urea groups is 1. The summed E-state index contributed by atoms with van der Waals surface area (Å²) < 4.78 is 0. The zero-order valence-corrected chi connectivity index (χ0v) is 13.0. The molecule has 1 saturated heterocycles. The highest BCUT2D eigenvalue weighted by molar-refractivity contribution is 5.96. The number of primary amides is 1. The van der Waals surface area contributed by atoms with Crippen LogP contribution in [-0.4, -0.2) is 85.4 Å². The number of likely N-dealkylation sites (N-methyl/N-ethyl adjacent to an activating group) is 1. The van der Waals surface area contributed by atoms with Gasteiger partial charge in [-0.1, -0.05) is 0 Å². The molecule has 0 aromatic heterocycles. The summed E-state index contributed by atoms with van der Waals surface area (Å²) in [4.78, 5) is 39.9. The first-order valence-electron chi connectivity index (χ1n) is 7.08. The van der Waals surface area contributed by atoms with Crippen molar-refractivity contribution >= 4 is 17.8 Å². The summed E-state index contributed by atoms with van der Waals surface area (Å²) in [6.07, 6.45) is 0.870. The third kappa shape index (κ3) is 5.68. The lowest BCUT2D eigenvalue weighted by Crippen LogP contribution is -2.49. The van der Waals surface area contributed by atoms with E-state index in [4.69, 9.17) is 5.73 Å². The van der Waals surface area contributed by atoms with E-state index >= 15 is 0 Å². The first-order valence-corrected chi connectivity index (χ1v) is 7.08. The van der Waals surface area contributed by atoms with Gasteiger partial charge < -0.3 is 10.6 Å². The van der Waals surface area contributed by atoms with Gasteiger partial charge in [-0.2, -0.15) is 0 Å². The van der Waals surface area contributed by atoms with Crippen molar-refractivity contribution in [3.8, 4) is 0 Å². The Hall–Kier alpha value is -1.67. The molecule has 1 unspecified atom stereocenters. The predicted molar refractivity (Wildman–Crippen MR) is 78.5 cm³/mol. The molecule has 8 nitrogen and oxygen atoms in total. The van der Waals surface area contributed by atoms with Crippen LogP contribution in [0.15, 0.2) is 0 Å². The summed E-state index contributed by atoms with van der Waals surface area (Å²) in [5, 5.41) is 2.10. The van der Waals surface area contributed by atoms with Gasteiger partial charge in [-0.3, -0.25) is 24.7 Å². The maximum absolute atomic E-state index is 11.8. The van der Waals surface area contributed by atoms with Crippen LogP contribution < -0.4 is 11.1 Å². The largest absolute Gasteiger partial charge is 0.351 e. The second-order valence-electron chi connectivity index (χ2n) is 5.48. The summed E-state index contributed by atoms with van der Waals surface area (Å²) in [6, 6.07) is -1.25. The Labute approximate surface area is 125 Å². The van der Waals surface area contributed by atoms with Gasteiger partial charge in [-0.05, 0) is 19.9 Å². The lowest BCUT2D eigenvalue weighted by Gasteiger charge is -2.26. The van der Waals surface area contributed by atoms with Crippen LogP contribution in [0.2, 0.25) is 0 Å². The van der Waals surface area contributed by atoms with E-state index in [1.54, 1.807) is 25.9 Å². The Balaban J connectivity index is 2.50. The van der Waals surface area contributed by atoms with Gasteiger partial charge in [-0.25, -0.2) is 4.79 Å². The van der Waals surface area contributed by atoms with Crippen LogP contribution in [0.5, 0.6) is 0 Å². The Bertz CT molecular complexity index is 399. The van der Waals surface area contributed by atoms with E-state index in [1.165, 1.54) is 0 Å². The van der Waals surface area contributed by atoms with Gasteiger partial charge >= 0.3 is 6.03 Å². The molecule has 0 saturated carbocycles. The van der Waals surface area contributed by atoms with Crippen molar-refractivity contribution in [2.75, 3.05) is 46.8 Å². The summed E-state index contributed by atoms with van der Waals surface area (Å²) in [5.41, 5.74) is 4.96. The number of carbonyl (C=O) groups excluding carboxylic acids is 3. The van der Waals surface area contributed by atoms with Crippen LogP contribution in [0, 0.1) is 0 Å². The highest BCUT2D eigenvalue weighted by atomic mass is 16.2. The normalized spacial score (nSPS) is 18.6. The predicted octanol–water partition coefficient (Wildman–Crippen LogP) is -1.33. The van der Waals surface area contributed by atoms with Crippen LogP contribution in [0.25, 0.3) is 0 Å². The molecule has 3 N–H and O–H groups in total. The monoisotopic (exact) mass is 299 g/mol. The third-order valence-electron chi connectivity index (χ3n) is 3.65. The fourth-order valence-electron chi connectivity index (χ4n) is 2.26. The topological polar surface area (TPSA) is 99.0 Å². The summed E-state index contributed by atoms with van der Waals surface area (Å²) in [7, 11) is 3.48. The SMILES string of the molecule is CC(C(=O)NC(N)=O)N1CCCN(CC(=O)N(C)C)CC1. The van der Waals surface area contributed by atoms with Crippen molar-refractivity contribution in [1.29, 1.82) is 0 Å². The maximum atomic E-state index is 11.8. The minimum absolute atomic E-state index is 0.0722. The molecule has 0 spiro atoms. The van der Waals surface area contributed by atoms with Crippen molar-refractivity contribution in [3.63, 3.8) is 0 Å². The molecule has 0 aromatic rings. The van der Waals surface area contributed by atoms with Crippen molar-refractivity contribution in [3.05, 3.63) is 0 Å². The van der Waals surface area contributed by atoms with E-state index in [0.29, 0.717) is 19.6 Å². The van der Waals surface area contributed by atoms with E-state index in [0.717, 1.165) is 19.5 Å².